The Hall–Kier alpha value is -2.43. The monoisotopic (exact) mass is 569 g/mol. The van der Waals surface area contributed by atoms with Crippen LogP contribution in [0.25, 0.3) is 0 Å². The molecule has 1 fully saturated rings. The van der Waals surface area contributed by atoms with Crippen molar-refractivity contribution in [1.29, 1.82) is 0 Å². The zero-order valence-corrected chi connectivity index (χ0v) is 22.5. The number of aryl methyl sites for hydroxylation is 1. The number of rotatable bonds is 8. The highest BCUT2D eigenvalue weighted by molar-refractivity contribution is 14.0. The Balaban J connectivity index is 0.00000385. The molecular weight excluding hydrogens is 533 g/mol. The van der Waals surface area contributed by atoms with Gasteiger partial charge in [-0.15, -0.1) is 24.0 Å². The Labute approximate surface area is 214 Å². The molecule has 1 saturated heterocycles. The summed E-state index contributed by atoms with van der Waals surface area (Å²) in [5.41, 5.74) is 2.18. The average Bonchev–Trinajstić information content (AvgIpc) is 2.84. The molecule has 1 aliphatic rings. The number of aliphatic imine (C=N–C) groups is 1. The van der Waals surface area contributed by atoms with E-state index in [2.05, 4.69) is 44.6 Å². The van der Waals surface area contributed by atoms with E-state index < -0.39 is 0 Å². The minimum atomic E-state index is 0. The van der Waals surface area contributed by atoms with Gasteiger partial charge in [-0.2, -0.15) is 0 Å². The Bertz CT molecular complexity index is 874. The number of hydrogen-bond acceptors (Lipinski definition) is 6. The number of aromatic nitrogens is 1. The first kappa shape index (κ1) is 26.8. The molecule has 0 atom stereocenters. The fourth-order valence-corrected chi connectivity index (χ4v) is 3.92. The summed E-state index contributed by atoms with van der Waals surface area (Å²) in [4.78, 5) is 11.3. The van der Waals surface area contributed by atoms with E-state index in [1.807, 2.05) is 18.3 Å². The third-order valence-electron chi connectivity index (χ3n) is 5.76. The summed E-state index contributed by atoms with van der Waals surface area (Å²) in [7, 11) is 6.75. The second-order valence-corrected chi connectivity index (χ2v) is 7.86. The largest absolute Gasteiger partial charge is 0.496 e. The second-order valence-electron chi connectivity index (χ2n) is 7.86. The molecule has 9 heteroatoms. The normalized spacial score (nSPS) is 14.3. The number of halogens is 1. The number of hydrogen-bond donors (Lipinski definition) is 2. The molecule has 3 rings (SSSR count). The maximum absolute atomic E-state index is 5.55. The van der Waals surface area contributed by atoms with Gasteiger partial charge < -0.3 is 29.7 Å². The van der Waals surface area contributed by atoms with Gasteiger partial charge in [-0.3, -0.25) is 4.99 Å². The number of piperidine rings is 1. The standard InChI is InChI=1S/C24H35N5O3.HI/c1-17-6-7-23(27-16-17)29-12-9-18(10-13-29)28-24(25-2)26-11-8-20-21(31-4)14-19(30-3)15-22(20)32-5;/h6-7,14-16,18H,8-13H2,1-5H3,(H2,25,26,28);1H. The smallest absolute Gasteiger partial charge is 0.191 e. The highest BCUT2D eigenvalue weighted by Gasteiger charge is 2.21. The molecule has 182 valence electrons. The number of pyridine rings is 1. The van der Waals surface area contributed by atoms with Crippen molar-refractivity contribution in [2.24, 2.45) is 4.99 Å². The van der Waals surface area contributed by atoms with Crippen molar-refractivity contribution in [2.45, 2.75) is 32.2 Å². The lowest BCUT2D eigenvalue weighted by Crippen LogP contribution is -2.49. The van der Waals surface area contributed by atoms with Gasteiger partial charge in [-0.25, -0.2) is 4.98 Å². The van der Waals surface area contributed by atoms with Crippen LogP contribution in [-0.2, 0) is 6.42 Å². The molecule has 0 amide bonds. The summed E-state index contributed by atoms with van der Waals surface area (Å²) in [5.74, 6) is 4.08. The molecule has 1 aromatic carbocycles. The summed E-state index contributed by atoms with van der Waals surface area (Å²) in [6.07, 6.45) is 4.74. The molecule has 0 spiro atoms. The molecule has 0 aliphatic carbocycles. The number of methoxy groups -OCH3 is 3. The molecule has 2 N–H and O–H groups in total. The van der Waals surface area contributed by atoms with Crippen molar-refractivity contribution in [3.8, 4) is 17.2 Å². The lowest BCUT2D eigenvalue weighted by molar-refractivity contribution is 0.368. The van der Waals surface area contributed by atoms with E-state index in [4.69, 9.17) is 14.2 Å². The molecular formula is C24H36IN5O3. The summed E-state index contributed by atoms with van der Waals surface area (Å²) in [5, 5.41) is 6.97. The Morgan fingerprint density at radius 3 is 2.27 bits per heavy atom. The van der Waals surface area contributed by atoms with Gasteiger partial charge in [-0.05, 0) is 37.8 Å². The zero-order valence-electron chi connectivity index (χ0n) is 20.2. The first-order chi connectivity index (χ1) is 15.6. The van der Waals surface area contributed by atoms with E-state index in [9.17, 15) is 0 Å². The van der Waals surface area contributed by atoms with Gasteiger partial charge in [0.05, 0.1) is 21.3 Å². The number of nitrogens with zero attached hydrogens (tertiary/aromatic N) is 3. The van der Waals surface area contributed by atoms with Gasteiger partial charge in [0.1, 0.15) is 23.1 Å². The molecule has 1 aliphatic heterocycles. The fraction of sp³-hybridized carbons (Fsp3) is 0.500. The average molecular weight is 569 g/mol. The van der Waals surface area contributed by atoms with E-state index in [0.29, 0.717) is 18.3 Å². The van der Waals surface area contributed by atoms with E-state index >= 15 is 0 Å². The minimum Gasteiger partial charge on any atom is -0.496 e. The Morgan fingerprint density at radius 1 is 1.09 bits per heavy atom. The van der Waals surface area contributed by atoms with Gasteiger partial charge in [0.25, 0.3) is 0 Å². The van der Waals surface area contributed by atoms with Crippen molar-refractivity contribution in [3.05, 3.63) is 41.6 Å². The van der Waals surface area contributed by atoms with Crippen molar-refractivity contribution in [2.75, 3.05) is 52.9 Å². The van der Waals surface area contributed by atoms with Crippen LogP contribution in [0.15, 0.2) is 35.5 Å². The molecule has 2 heterocycles. The third kappa shape index (κ3) is 7.28. The molecule has 8 nitrogen and oxygen atoms in total. The summed E-state index contributed by atoms with van der Waals surface area (Å²) >= 11 is 0. The highest BCUT2D eigenvalue weighted by atomic mass is 127. The molecule has 0 radical (unpaired) electrons. The van der Waals surface area contributed by atoms with Crippen molar-refractivity contribution >= 4 is 35.8 Å². The molecule has 0 bridgehead atoms. The molecule has 33 heavy (non-hydrogen) atoms. The maximum atomic E-state index is 5.55. The molecule has 1 aromatic heterocycles. The third-order valence-corrected chi connectivity index (χ3v) is 5.76. The predicted octanol–water partition coefficient (Wildman–Crippen LogP) is 3.41. The molecule has 0 saturated carbocycles. The number of anilines is 1. The lowest BCUT2D eigenvalue weighted by Gasteiger charge is -2.33. The van der Waals surface area contributed by atoms with E-state index in [1.165, 1.54) is 5.56 Å². The topological polar surface area (TPSA) is 80.2 Å². The summed E-state index contributed by atoms with van der Waals surface area (Å²) in [6, 6.07) is 8.35. The van der Waals surface area contributed by atoms with Crippen molar-refractivity contribution < 1.29 is 14.2 Å². The van der Waals surface area contributed by atoms with E-state index in [1.54, 1.807) is 28.4 Å². The van der Waals surface area contributed by atoms with E-state index in [0.717, 1.165) is 61.2 Å². The Morgan fingerprint density at radius 2 is 1.76 bits per heavy atom. The predicted molar refractivity (Wildman–Crippen MR) is 144 cm³/mol. The van der Waals surface area contributed by atoms with Crippen LogP contribution in [0.3, 0.4) is 0 Å². The van der Waals surface area contributed by atoms with E-state index in [-0.39, 0.29) is 24.0 Å². The fourth-order valence-electron chi connectivity index (χ4n) is 3.92. The highest BCUT2D eigenvalue weighted by Crippen LogP contribution is 2.34. The van der Waals surface area contributed by atoms with Crippen LogP contribution in [0, 0.1) is 6.92 Å². The van der Waals surface area contributed by atoms with Crippen LogP contribution in [0.1, 0.15) is 24.0 Å². The number of guanidine groups is 1. The molecule has 0 unspecified atom stereocenters. The molecule has 2 aromatic rings. The number of nitrogens with one attached hydrogen (secondary N) is 2. The van der Waals surface area contributed by atoms with Crippen LogP contribution in [0.2, 0.25) is 0 Å². The van der Waals surface area contributed by atoms with Crippen molar-refractivity contribution in [3.63, 3.8) is 0 Å². The lowest BCUT2D eigenvalue weighted by atomic mass is 10.1. The first-order valence-corrected chi connectivity index (χ1v) is 11.0. The van der Waals surface area contributed by atoms with Gasteiger partial charge in [0, 0.05) is 56.6 Å². The zero-order chi connectivity index (χ0) is 22.9. The van der Waals surface area contributed by atoms with Crippen LogP contribution in [0.5, 0.6) is 17.2 Å². The number of ether oxygens (including phenoxy) is 3. The van der Waals surface area contributed by atoms with Gasteiger partial charge in [-0.1, -0.05) is 6.07 Å². The minimum absolute atomic E-state index is 0. The van der Waals surface area contributed by atoms with Crippen LogP contribution in [0.4, 0.5) is 5.82 Å². The van der Waals surface area contributed by atoms with Gasteiger partial charge in [0.2, 0.25) is 0 Å². The summed E-state index contributed by atoms with van der Waals surface area (Å²) in [6.45, 7) is 4.72. The first-order valence-electron chi connectivity index (χ1n) is 11.0. The Kier molecular flexibility index (Phi) is 10.8. The second kappa shape index (κ2) is 13.3. The quantitative estimate of drug-likeness (QED) is 0.287. The summed E-state index contributed by atoms with van der Waals surface area (Å²) < 4.78 is 16.4. The van der Waals surface area contributed by atoms with Gasteiger partial charge in [0.15, 0.2) is 5.96 Å². The number of benzene rings is 1. The van der Waals surface area contributed by atoms with Crippen LogP contribution >= 0.6 is 24.0 Å². The van der Waals surface area contributed by atoms with Crippen LogP contribution in [-0.4, -0.2) is 65.0 Å². The SMILES string of the molecule is CN=C(NCCc1c(OC)cc(OC)cc1OC)NC1CCN(c2ccc(C)cn2)CC1.I. The van der Waals surface area contributed by atoms with Gasteiger partial charge >= 0.3 is 0 Å². The van der Waals surface area contributed by atoms with Crippen LogP contribution < -0.4 is 29.7 Å². The maximum Gasteiger partial charge on any atom is 0.191 e. The van der Waals surface area contributed by atoms with Crippen molar-refractivity contribution in [1.82, 2.24) is 15.6 Å².